The molecule has 3 N–H and O–H groups in total. The van der Waals surface area contributed by atoms with Gasteiger partial charge in [-0.05, 0) is 128 Å². The zero-order chi connectivity index (χ0) is 57.5. The quantitative estimate of drug-likeness (QED) is 0.0228. The number of carboxylic acids is 1. The van der Waals surface area contributed by atoms with Crippen LogP contribution in [0.4, 0.5) is 0 Å². The molecule has 0 aromatic rings. The van der Waals surface area contributed by atoms with Crippen molar-refractivity contribution in [2.45, 2.75) is 237 Å². The highest BCUT2D eigenvalue weighted by Crippen LogP contribution is 2.26. The van der Waals surface area contributed by atoms with Crippen LogP contribution < -0.4 is 0 Å². The predicted molar refractivity (Wildman–Crippen MR) is 321 cm³/mol. The van der Waals surface area contributed by atoms with Gasteiger partial charge in [0.2, 0.25) is 0 Å². The van der Waals surface area contributed by atoms with Crippen LogP contribution in [-0.4, -0.2) is 89.2 Å². The summed E-state index contributed by atoms with van der Waals surface area (Å²) in [6, 6.07) is 0. The molecule has 0 aromatic heterocycles. The van der Waals surface area contributed by atoms with Crippen LogP contribution in [0.1, 0.15) is 201 Å². The van der Waals surface area contributed by atoms with E-state index in [4.69, 9.17) is 23.7 Å². The van der Waals surface area contributed by atoms with Crippen LogP contribution in [0, 0.1) is 0 Å². The van der Waals surface area contributed by atoms with E-state index in [-0.39, 0.29) is 25.9 Å². The molecule has 6 unspecified atom stereocenters. The molecule has 0 spiro atoms. The van der Waals surface area contributed by atoms with E-state index in [9.17, 15) is 34.5 Å². The van der Waals surface area contributed by atoms with E-state index >= 15 is 0 Å². The number of carbonyl (C=O) groups excluding carboxylic acids is 3. The van der Waals surface area contributed by atoms with E-state index in [0.29, 0.717) is 32.1 Å². The maximum atomic E-state index is 13.2. The topological polar surface area (TPSA) is 175 Å². The minimum absolute atomic E-state index is 0.00702. The second kappa shape index (κ2) is 53.3. The third-order valence-electron chi connectivity index (χ3n) is 12.4. The molecule has 0 saturated carbocycles. The van der Waals surface area contributed by atoms with Gasteiger partial charge < -0.3 is 39.0 Å². The number of hydrogen-bond acceptors (Lipinski definition) is 11. The number of aliphatic hydroxyl groups excluding tert-OH is 2. The van der Waals surface area contributed by atoms with Gasteiger partial charge in [0.25, 0.3) is 0 Å². The Morgan fingerprint density at radius 1 is 0.418 bits per heavy atom. The first kappa shape index (κ1) is 71.6. The molecule has 1 aliphatic heterocycles. The number of rotatable bonds is 48. The summed E-state index contributed by atoms with van der Waals surface area (Å²) in [4.78, 5) is 51.2. The lowest BCUT2D eigenvalue weighted by molar-refractivity contribution is -0.301. The minimum atomic E-state index is -1.93. The van der Waals surface area contributed by atoms with Crippen LogP contribution in [0.15, 0.2) is 146 Å². The average molecular weight is 1100 g/mol. The van der Waals surface area contributed by atoms with Gasteiger partial charge in [-0.15, -0.1) is 0 Å². The largest absolute Gasteiger partial charge is 0.479 e. The summed E-state index contributed by atoms with van der Waals surface area (Å²) in [6.07, 6.45) is 63.9. The monoisotopic (exact) mass is 1100 g/mol. The van der Waals surface area contributed by atoms with Gasteiger partial charge in [0.15, 0.2) is 24.6 Å². The van der Waals surface area contributed by atoms with E-state index in [2.05, 4.69) is 161 Å². The fourth-order valence-electron chi connectivity index (χ4n) is 7.94. The molecule has 0 amide bonds. The van der Waals surface area contributed by atoms with E-state index in [1.165, 1.54) is 0 Å². The number of aliphatic carboxylic acids is 1. The molecule has 0 radical (unpaired) electrons. The van der Waals surface area contributed by atoms with Gasteiger partial charge in [0.05, 0.1) is 6.61 Å². The lowest BCUT2D eigenvalue weighted by atomic mass is 9.98. The van der Waals surface area contributed by atoms with Gasteiger partial charge in [-0.3, -0.25) is 14.4 Å². The summed E-state index contributed by atoms with van der Waals surface area (Å²) in [7, 11) is 0. The van der Waals surface area contributed by atoms with Crippen molar-refractivity contribution in [2.24, 2.45) is 0 Å². The molecule has 0 aromatic carbocycles. The van der Waals surface area contributed by atoms with E-state index in [0.717, 1.165) is 128 Å². The molecule has 1 saturated heterocycles. The SMILES string of the molecule is CC/C=C\C/C=C\C/C=C\C/C=C\C/C=C\CCCC(=O)OCC(COC1OC(C(=O)O)C(O)C(O)C1OC(=O)CCCC/C=C\C/C=C\C/C=C\C/C=C\CC)OC(=O)CCCCCCCCC/C=C\C/C=C\C/C=C\CC. The number of hydrogen-bond donors (Lipinski definition) is 3. The Morgan fingerprint density at radius 3 is 1.22 bits per heavy atom. The Morgan fingerprint density at radius 2 is 0.772 bits per heavy atom. The highest BCUT2D eigenvalue weighted by atomic mass is 16.7. The van der Waals surface area contributed by atoms with E-state index in [1.54, 1.807) is 0 Å². The number of carbonyl (C=O) groups is 4. The Bertz CT molecular complexity index is 1930. The summed E-state index contributed by atoms with van der Waals surface area (Å²) in [6.45, 7) is 5.56. The first-order valence-electron chi connectivity index (χ1n) is 29.8. The van der Waals surface area contributed by atoms with Gasteiger partial charge in [-0.1, -0.05) is 199 Å². The third kappa shape index (κ3) is 43.1. The summed E-state index contributed by atoms with van der Waals surface area (Å²) >= 11 is 0. The van der Waals surface area contributed by atoms with Crippen molar-refractivity contribution in [2.75, 3.05) is 13.2 Å². The first-order chi connectivity index (χ1) is 38.6. The fourth-order valence-corrected chi connectivity index (χ4v) is 7.94. The second-order valence-electron chi connectivity index (χ2n) is 19.5. The first-order valence-corrected chi connectivity index (χ1v) is 29.8. The highest BCUT2D eigenvalue weighted by Gasteiger charge is 2.50. The summed E-state index contributed by atoms with van der Waals surface area (Å²) < 4.78 is 28.3. The molecule has 12 nitrogen and oxygen atoms in total. The van der Waals surface area contributed by atoms with Crippen molar-refractivity contribution in [3.63, 3.8) is 0 Å². The molecule has 1 heterocycles. The lowest BCUT2D eigenvalue weighted by Gasteiger charge is -2.40. The lowest BCUT2D eigenvalue weighted by Crippen LogP contribution is -2.61. The third-order valence-corrected chi connectivity index (χ3v) is 12.4. The normalized spacial score (nSPS) is 18.9. The second-order valence-corrected chi connectivity index (χ2v) is 19.5. The summed E-state index contributed by atoms with van der Waals surface area (Å²) in [5.41, 5.74) is 0. The van der Waals surface area contributed by atoms with E-state index < -0.39 is 67.3 Å². The molecule has 1 rings (SSSR count). The standard InChI is InChI=1S/C67H102O12/c1-4-7-10-13-16-19-22-25-28-30-33-35-38-41-44-47-50-53-59(68)75-56-58(77-60(69)54-51-48-45-42-39-37-34-31-29-26-23-20-17-14-11-8-5-2)57-76-67-65(63(72)62(71)64(79-67)66(73)74)78-61(70)55-52-49-46-43-40-36-32-27-24-21-18-15-12-9-6-3/h7-12,16-21,25-29,32-33,35,40-41,43-44,58,62-65,67,71-72H,4-6,13-15,22-24,30-31,34,36-39,42,45-57H2,1-3H3,(H,73,74)/b10-7-,11-8-,12-9-,19-16-,20-17-,21-18-,28-25-,29-26-,32-27-,35-33-,43-40-,44-41-. The molecular formula is C67H102O12. The van der Waals surface area contributed by atoms with Crippen molar-refractivity contribution >= 4 is 23.9 Å². The summed E-state index contributed by atoms with van der Waals surface area (Å²) in [5.74, 6) is -3.29. The number of ether oxygens (including phenoxy) is 5. The average Bonchev–Trinajstić information content (AvgIpc) is 3.46. The molecular weight excluding hydrogens is 997 g/mol. The Kier molecular flexibility index (Phi) is 48.3. The van der Waals surface area contributed by atoms with Crippen molar-refractivity contribution in [3.8, 4) is 0 Å². The number of unbranched alkanes of at least 4 members (excludes halogenated alkanes) is 10. The molecule has 79 heavy (non-hydrogen) atoms. The Labute approximate surface area is 476 Å². The molecule has 1 aliphatic rings. The maximum absolute atomic E-state index is 13.2. The van der Waals surface area contributed by atoms with Gasteiger partial charge in [0.1, 0.15) is 18.8 Å². The van der Waals surface area contributed by atoms with Crippen LogP contribution in [0.3, 0.4) is 0 Å². The van der Waals surface area contributed by atoms with Crippen molar-refractivity contribution in [3.05, 3.63) is 146 Å². The van der Waals surface area contributed by atoms with Gasteiger partial charge in [-0.2, -0.15) is 0 Å². The van der Waals surface area contributed by atoms with Crippen LogP contribution >= 0.6 is 0 Å². The smallest absolute Gasteiger partial charge is 0.335 e. The van der Waals surface area contributed by atoms with E-state index in [1.807, 2.05) is 6.08 Å². The zero-order valence-electron chi connectivity index (χ0n) is 48.5. The Hall–Kier alpha value is -5.40. The zero-order valence-corrected chi connectivity index (χ0v) is 48.5. The Balaban J connectivity index is 2.77. The number of allylic oxidation sites excluding steroid dienone is 24. The molecule has 6 atom stereocenters. The van der Waals surface area contributed by atoms with Crippen LogP contribution in [0.5, 0.6) is 0 Å². The molecule has 12 heteroatoms. The van der Waals surface area contributed by atoms with Crippen molar-refractivity contribution in [1.29, 1.82) is 0 Å². The highest BCUT2D eigenvalue weighted by molar-refractivity contribution is 5.74. The molecule has 442 valence electrons. The fraction of sp³-hybridized carbons (Fsp3) is 0.582. The van der Waals surface area contributed by atoms with Crippen molar-refractivity contribution in [1.82, 2.24) is 0 Å². The number of carboxylic acid groups (broad SMARTS) is 1. The number of aliphatic hydroxyl groups is 2. The van der Waals surface area contributed by atoms with Gasteiger partial charge in [0, 0.05) is 19.3 Å². The maximum Gasteiger partial charge on any atom is 0.335 e. The van der Waals surface area contributed by atoms with Crippen molar-refractivity contribution < 1.29 is 58.2 Å². The van der Waals surface area contributed by atoms with Crippen LogP contribution in [0.25, 0.3) is 0 Å². The van der Waals surface area contributed by atoms with Crippen LogP contribution in [0.2, 0.25) is 0 Å². The van der Waals surface area contributed by atoms with Gasteiger partial charge >= 0.3 is 23.9 Å². The molecule has 0 bridgehead atoms. The minimum Gasteiger partial charge on any atom is -0.479 e. The molecule has 1 fully saturated rings. The summed E-state index contributed by atoms with van der Waals surface area (Å²) in [5, 5.41) is 31.5. The van der Waals surface area contributed by atoms with Gasteiger partial charge in [-0.25, -0.2) is 4.79 Å². The van der Waals surface area contributed by atoms with Crippen LogP contribution in [-0.2, 0) is 42.9 Å². The number of esters is 3. The predicted octanol–water partition coefficient (Wildman–Crippen LogP) is 15.6. The molecule has 0 aliphatic carbocycles.